The number of carbonyl (C=O) groups excluding carboxylic acids is 6. The van der Waals surface area contributed by atoms with Crippen LogP contribution in [0.3, 0.4) is 0 Å². The Labute approximate surface area is 222 Å². The van der Waals surface area contributed by atoms with Crippen molar-refractivity contribution in [2.75, 3.05) is 32.5 Å². The van der Waals surface area contributed by atoms with Crippen molar-refractivity contribution in [3.8, 4) is 0 Å². The summed E-state index contributed by atoms with van der Waals surface area (Å²) in [7, 11) is 3.01. The largest absolute Gasteiger partial charge is 0.445 e. The predicted octanol–water partition coefficient (Wildman–Crippen LogP) is -0.0329. The van der Waals surface area contributed by atoms with Crippen molar-refractivity contribution in [2.45, 2.75) is 46.4 Å². The van der Waals surface area contributed by atoms with Gasteiger partial charge in [-0.05, 0) is 29.5 Å². The maximum atomic E-state index is 12.4. The maximum Gasteiger partial charge on any atom is 0.410 e. The lowest BCUT2D eigenvalue weighted by Crippen LogP contribution is -2.52. The van der Waals surface area contributed by atoms with E-state index in [-0.39, 0.29) is 37.4 Å². The lowest BCUT2D eigenvalue weighted by Gasteiger charge is -2.28. The number of benzene rings is 1. The number of likely N-dealkylation sites (N-methyl/N-ethyl adjacent to an activating group) is 2. The molecule has 0 bridgehead atoms. The first kappa shape index (κ1) is 31.9. The highest BCUT2D eigenvalue weighted by atomic mass is 16.6. The number of amides is 6. The third-order valence-electron chi connectivity index (χ3n) is 5.49. The molecule has 0 heterocycles. The van der Waals surface area contributed by atoms with Gasteiger partial charge in [0.25, 0.3) is 0 Å². The van der Waals surface area contributed by atoms with E-state index < -0.39 is 35.9 Å². The summed E-state index contributed by atoms with van der Waals surface area (Å²) in [6, 6.07) is 5.01. The highest BCUT2D eigenvalue weighted by molar-refractivity contribution is 5.96. The van der Waals surface area contributed by atoms with Gasteiger partial charge in [-0.2, -0.15) is 0 Å². The number of hydrogen-bond acceptors (Lipinski definition) is 7. The van der Waals surface area contributed by atoms with Crippen LogP contribution in [-0.4, -0.2) is 80.3 Å². The van der Waals surface area contributed by atoms with Gasteiger partial charge >= 0.3 is 6.09 Å². The second kappa shape index (κ2) is 15.8. The van der Waals surface area contributed by atoms with Crippen LogP contribution in [0.25, 0.3) is 0 Å². The summed E-state index contributed by atoms with van der Waals surface area (Å²) < 4.78 is 5.31. The predicted molar refractivity (Wildman–Crippen MR) is 140 cm³/mol. The molecule has 13 heteroatoms. The molecule has 0 spiro atoms. The van der Waals surface area contributed by atoms with Gasteiger partial charge in [0.2, 0.25) is 30.0 Å². The molecule has 5 N–H and O–H groups in total. The van der Waals surface area contributed by atoms with Crippen LogP contribution in [0.15, 0.2) is 24.3 Å². The third kappa shape index (κ3) is 10.4. The fourth-order valence-corrected chi connectivity index (χ4v) is 3.49. The van der Waals surface area contributed by atoms with E-state index in [2.05, 4.69) is 26.6 Å². The summed E-state index contributed by atoms with van der Waals surface area (Å²) in [5.41, 5.74) is 1.13. The Morgan fingerprint density at radius 1 is 0.921 bits per heavy atom. The van der Waals surface area contributed by atoms with E-state index in [1.807, 2.05) is 13.8 Å². The molecule has 0 radical (unpaired) electrons. The minimum atomic E-state index is -0.878. The molecule has 13 nitrogen and oxygen atoms in total. The Bertz CT molecular complexity index is 981. The Kier molecular flexibility index (Phi) is 13.3. The molecule has 0 aromatic heterocycles. The lowest BCUT2D eigenvalue weighted by molar-refractivity contribution is -0.130. The molecular formula is C25H38N6O7. The molecule has 210 valence electrons. The highest BCUT2D eigenvalue weighted by Crippen LogP contribution is 2.14. The van der Waals surface area contributed by atoms with Gasteiger partial charge in [0.1, 0.15) is 18.7 Å². The zero-order valence-corrected chi connectivity index (χ0v) is 22.6. The average Bonchev–Trinajstić information content (AvgIpc) is 2.87. The first-order valence-corrected chi connectivity index (χ1v) is 12.1. The first-order valence-electron chi connectivity index (χ1n) is 12.1. The van der Waals surface area contributed by atoms with Gasteiger partial charge in [-0.15, -0.1) is 0 Å². The Morgan fingerprint density at radius 2 is 1.55 bits per heavy atom. The van der Waals surface area contributed by atoms with Crippen LogP contribution in [0.5, 0.6) is 0 Å². The maximum absolute atomic E-state index is 12.4. The van der Waals surface area contributed by atoms with Crippen molar-refractivity contribution < 1.29 is 33.5 Å². The Balaban J connectivity index is 2.58. The van der Waals surface area contributed by atoms with Crippen molar-refractivity contribution in [3.63, 3.8) is 0 Å². The zero-order valence-electron chi connectivity index (χ0n) is 22.6. The molecule has 0 saturated carbocycles. The number of nitrogens with zero attached hydrogens (tertiary/aromatic N) is 1. The fraction of sp³-hybridized carbons (Fsp3) is 0.520. The number of rotatable bonds is 14. The number of hydrogen-bond donors (Lipinski definition) is 5. The molecule has 0 fully saturated rings. The molecule has 1 rings (SSSR count). The first-order chi connectivity index (χ1) is 17.9. The molecule has 38 heavy (non-hydrogen) atoms. The van der Waals surface area contributed by atoms with Crippen LogP contribution in [0.2, 0.25) is 0 Å². The summed E-state index contributed by atoms with van der Waals surface area (Å²) in [6.07, 6.45) is -0.264. The molecule has 0 saturated heterocycles. The molecular weight excluding hydrogens is 496 g/mol. The molecule has 2 unspecified atom stereocenters. The van der Waals surface area contributed by atoms with E-state index in [0.717, 1.165) is 0 Å². The standard InChI is InChI=1S/C25H38N6O7/c1-15(2)21(30-19(33)11-27-14-32)23(35)28-12-20(34)29-18-9-7-17(8-10-18)13-38-25(37)31(6)22(16(3)4)24(36)26-5/h7-10,14-16,21-22H,11-13H2,1-6H3,(H,26,36)(H,27,32)(H,28,35)(H,29,34)(H,30,33). The summed E-state index contributed by atoms with van der Waals surface area (Å²) in [5.74, 6) is -2.19. The fourth-order valence-electron chi connectivity index (χ4n) is 3.49. The SMILES string of the molecule is CNC(=O)C(C(C)C)N(C)C(=O)OCc1ccc(NC(=O)CNC(=O)C(NC(=O)CNC=O)C(C)C)cc1. The van der Waals surface area contributed by atoms with Gasteiger partial charge in [-0.1, -0.05) is 39.8 Å². The van der Waals surface area contributed by atoms with Crippen molar-refractivity contribution >= 4 is 41.8 Å². The second-order valence-corrected chi connectivity index (χ2v) is 9.22. The normalized spacial score (nSPS) is 12.1. The summed E-state index contributed by atoms with van der Waals surface area (Å²) in [5, 5.41) is 12.4. The molecule has 2 atom stereocenters. The third-order valence-corrected chi connectivity index (χ3v) is 5.49. The Morgan fingerprint density at radius 3 is 2.08 bits per heavy atom. The monoisotopic (exact) mass is 534 g/mol. The van der Waals surface area contributed by atoms with Crippen LogP contribution in [-0.2, 0) is 35.3 Å². The minimum absolute atomic E-state index is 0.0311. The smallest absolute Gasteiger partial charge is 0.410 e. The minimum Gasteiger partial charge on any atom is -0.445 e. The topological polar surface area (TPSA) is 175 Å². The van der Waals surface area contributed by atoms with E-state index >= 15 is 0 Å². The van der Waals surface area contributed by atoms with E-state index in [9.17, 15) is 28.8 Å². The molecule has 1 aromatic carbocycles. The number of anilines is 1. The van der Waals surface area contributed by atoms with Crippen LogP contribution >= 0.6 is 0 Å². The van der Waals surface area contributed by atoms with Gasteiger partial charge in [0.15, 0.2) is 0 Å². The van der Waals surface area contributed by atoms with Crippen molar-refractivity contribution in [3.05, 3.63) is 29.8 Å². The molecule has 1 aromatic rings. The number of ether oxygens (including phenoxy) is 1. The number of carbonyl (C=O) groups is 6. The highest BCUT2D eigenvalue weighted by Gasteiger charge is 2.30. The van der Waals surface area contributed by atoms with Gasteiger partial charge in [0.05, 0.1) is 13.1 Å². The van der Waals surface area contributed by atoms with Crippen molar-refractivity contribution in [2.24, 2.45) is 11.8 Å². The van der Waals surface area contributed by atoms with E-state index in [0.29, 0.717) is 17.7 Å². The summed E-state index contributed by atoms with van der Waals surface area (Å²) >= 11 is 0. The summed E-state index contributed by atoms with van der Waals surface area (Å²) in [4.78, 5) is 72.6. The van der Waals surface area contributed by atoms with Crippen LogP contribution in [0.4, 0.5) is 10.5 Å². The quantitative estimate of drug-likeness (QED) is 0.208. The van der Waals surface area contributed by atoms with Crippen LogP contribution < -0.4 is 26.6 Å². The summed E-state index contributed by atoms with van der Waals surface area (Å²) in [6.45, 7) is 6.52. The zero-order chi connectivity index (χ0) is 28.8. The lowest BCUT2D eigenvalue weighted by atomic mass is 10.0. The van der Waals surface area contributed by atoms with Gasteiger partial charge in [-0.3, -0.25) is 28.9 Å². The molecule has 0 aliphatic rings. The Hall–Kier alpha value is -4.16. The second-order valence-electron chi connectivity index (χ2n) is 9.22. The number of nitrogens with one attached hydrogen (secondary N) is 5. The molecule has 0 aliphatic carbocycles. The molecule has 0 aliphatic heterocycles. The van der Waals surface area contributed by atoms with E-state index in [1.54, 1.807) is 38.1 Å². The molecule has 6 amide bonds. The van der Waals surface area contributed by atoms with Crippen LogP contribution in [0, 0.1) is 11.8 Å². The van der Waals surface area contributed by atoms with Crippen LogP contribution in [0.1, 0.15) is 33.3 Å². The average molecular weight is 535 g/mol. The van der Waals surface area contributed by atoms with E-state index in [4.69, 9.17) is 4.74 Å². The van der Waals surface area contributed by atoms with Gasteiger partial charge < -0.3 is 31.3 Å². The van der Waals surface area contributed by atoms with Crippen molar-refractivity contribution in [1.82, 2.24) is 26.2 Å². The van der Waals surface area contributed by atoms with Gasteiger partial charge in [-0.25, -0.2) is 4.79 Å². The van der Waals surface area contributed by atoms with E-state index in [1.165, 1.54) is 19.0 Å². The van der Waals surface area contributed by atoms with Crippen molar-refractivity contribution in [1.29, 1.82) is 0 Å². The van der Waals surface area contributed by atoms with Gasteiger partial charge in [0, 0.05) is 19.8 Å².